The molecule has 0 aliphatic heterocycles. The molecule has 0 radical (unpaired) electrons. The second kappa shape index (κ2) is 7.04. The summed E-state index contributed by atoms with van der Waals surface area (Å²) in [6.45, 7) is 5.71. The molecule has 1 aromatic heterocycles. The van der Waals surface area contributed by atoms with Gasteiger partial charge in [0.15, 0.2) is 5.82 Å². The van der Waals surface area contributed by atoms with Gasteiger partial charge >= 0.3 is 6.61 Å². The van der Waals surface area contributed by atoms with Gasteiger partial charge in [-0.2, -0.15) is 13.8 Å². The lowest BCUT2D eigenvalue weighted by Gasteiger charge is -2.12. The summed E-state index contributed by atoms with van der Waals surface area (Å²) in [5.74, 6) is 1.32. The van der Waals surface area contributed by atoms with Crippen LogP contribution >= 0.6 is 0 Å². The van der Waals surface area contributed by atoms with Gasteiger partial charge in [0.25, 0.3) is 0 Å². The number of alkyl halides is 2. The van der Waals surface area contributed by atoms with Gasteiger partial charge in [-0.1, -0.05) is 38.1 Å². The van der Waals surface area contributed by atoms with E-state index in [0.717, 1.165) is 5.56 Å². The molecule has 2 aromatic rings. The molecule has 0 saturated carbocycles. The van der Waals surface area contributed by atoms with Crippen molar-refractivity contribution in [1.82, 2.24) is 15.5 Å². The lowest BCUT2D eigenvalue weighted by Crippen LogP contribution is -2.19. The predicted molar refractivity (Wildman–Crippen MR) is 81.3 cm³/mol. The molecule has 1 unspecified atom stereocenters. The van der Waals surface area contributed by atoms with Gasteiger partial charge in [-0.3, -0.25) is 0 Å². The Balaban J connectivity index is 1.91. The standard InChI is InChI=1S/C16H21F2N3O2/c1-10(13-20-14(21-23-13)16(2,3)4)19-9-11-5-7-12(8-6-11)22-15(17)18/h5-8,10,15,19H,9H2,1-4H3. The van der Waals surface area contributed by atoms with Crippen molar-refractivity contribution in [3.8, 4) is 5.75 Å². The van der Waals surface area contributed by atoms with E-state index in [9.17, 15) is 8.78 Å². The second-order valence-corrected chi connectivity index (χ2v) is 6.33. The lowest BCUT2D eigenvalue weighted by molar-refractivity contribution is -0.0498. The molecule has 0 spiro atoms. The molecule has 0 amide bonds. The maximum Gasteiger partial charge on any atom is 0.387 e. The van der Waals surface area contributed by atoms with E-state index >= 15 is 0 Å². The van der Waals surface area contributed by atoms with Gasteiger partial charge in [0.1, 0.15) is 5.75 Å². The Bertz CT molecular complexity index is 621. The molecule has 0 saturated heterocycles. The van der Waals surface area contributed by atoms with Crippen LogP contribution in [0.1, 0.15) is 51.0 Å². The van der Waals surface area contributed by atoms with Crippen molar-refractivity contribution in [2.75, 3.05) is 0 Å². The Morgan fingerprint density at radius 3 is 2.39 bits per heavy atom. The van der Waals surface area contributed by atoms with Crippen molar-refractivity contribution >= 4 is 0 Å². The van der Waals surface area contributed by atoms with Crippen LogP contribution in [0.15, 0.2) is 28.8 Å². The molecule has 1 N–H and O–H groups in total. The Morgan fingerprint density at radius 1 is 1.22 bits per heavy atom. The minimum atomic E-state index is -2.81. The van der Waals surface area contributed by atoms with E-state index in [1.807, 2.05) is 27.7 Å². The van der Waals surface area contributed by atoms with E-state index in [1.54, 1.807) is 12.1 Å². The fourth-order valence-electron chi connectivity index (χ4n) is 1.86. The number of halogens is 2. The topological polar surface area (TPSA) is 60.2 Å². The quantitative estimate of drug-likeness (QED) is 0.875. The van der Waals surface area contributed by atoms with Gasteiger partial charge < -0.3 is 14.6 Å². The van der Waals surface area contributed by atoms with Crippen molar-refractivity contribution in [1.29, 1.82) is 0 Å². The van der Waals surface area contributed by atoms with Crippen LogP contribution in [-0.4, -0.2) is 16.8 Å². The summed E-state index contributed by atoms with van der Waals surface area (Å²) in [5, 5.41) is 7.24. The van der Waals surface area contributed by atoms with E-state index in [2.05, 4.69) is 20.2 Å². The van der Waals surface area contributed by atoms with Crippen molar-refractivity contribution in [2.24, 2.45) is 0 Å². The normalized spacial score (nSPS) is 13.3. The maximum absolute atomic E-state index is 12.1. The Labute approximate surface area is 134 Å². The number of ether oxygens (including phenoxy) is 1. The third-order valence-electron chi connectivity index (χ3n) is 3.24. The second-order valence-electron chi connectivity index (χ2n) is 6.33. The zero-order valence-electron chi connectivity index (χ0n) is 13.6. The molecule has 126 valence electrons. The predicted octanol–water partition coefficient (Wildman–Crippen LogP) is 3.82. The molecule has 1 atom stereocenters. The minimum absolute atomic E-state index is 0.115. The first kappa shape index (κ1) is 17.3. The zero-order valence-corrected chi connectivity index (χ0v) is 13.6. The maximum atomic E-state index is 12.1. The first-order valence-corrected chi connectivity index (χ1v) is 7.37. The summed E-state index contributed by atoms with van der Waals surface area (Å²) >= 11 is 0. The molecule has 1 heterocycles. The highest BCUT2D eigenvalue weighted by Crippen LogP contribution is 2.21. The third-order valence-corrected chi connectivity index (χ3v) is 3.24. The highest BCUT2D eigenvalue weighted by molar-refractivity contribution is 5.27. The molecule has 0 bridgehead atoms. The van der Waals surface area contributed by atoms with Crippen LogP contribution in [0, 0.1) is 0 Å². The first-order valence-electron chi connectivity index (χ1n) is 7.37. The Hall–Kier alpha value is -2.02. The van der Waals surface area contributed by atoms with E-state index in [-0.39, 0.29) is 17.2 Å². The molecule has 0 aliphatic rings. The van der Waals surface area contributed by atoms with Crippen LogP contribution in [0.3, 0.4) is 0 Å². The van der Waals surface area contributed by atoms with Crippen LogP contribution in [0.2, 0.25) is 0 Å². The molecule has 1 aromatic carbocycles. The molecular formula is C16H21F2N3O2. The van der Waals surface area contributed by atoms with Gasteiger partial charge in [-0.15, -0.1) is 0 Å². The van der Waals surface area contributed by atoms with E-state index in [4.69, 9.17) is 4.52 Å². The van der Waals surface area contributed by atoms with Crippen molar-refractivity contribution in [3.05, 3.63) is 41.5 Å². The number of aromatic nitrogens is 2. The summed E-state index contributed by atoms with van der Waals surface area (Å²) in [6.07, 6.45) is 0. The molecule has 23 heavy (non-hydrogen) atoms. The SMILES string of the molecule is CC(NCc1ccc(OC(F)F)cc1)c1nc(C(C)(C)C)no1. The highest BCUT2D eigenvalue weighted by Gasteiger charge is 2.22. The average molecular weight is 325 g/mol. The van der Waals surface area contributed by atoms with Crippen molar-refractivity contribution < 1.29 is 18.0 Å². The van der Waals surface area contributed by atoms with Crippen LogP contribution in [-0.2, 0) is 12.0 Å². The third kappa shape index (κ3) is 4.99. The fourth-order valence-corrected chi connectivity index (χ4v) is 1.86. The smallest absolute Gasteiger partial charge is 0.387 e. The molecule has 5 nitrogen and oxygen atoms in total. The number of rotatable bonds is 6. The van der Waals surface area contributed by atoms with Crippen molar-refractivity contribution in [3.63, 3.8) is 0 Å². The first-order chi connectivity index (χ1) is 10.8. The van der Waals surface area contributed by atoms with Gasteiger partial charge in [-0.05, 0) is 24.6 Å². The molecule has 2 rings (SSSR count). The number of hydrogen-bond acceptors (Lipinski definition) is 5. The van der Waals surface area contributed by atoms with Gasteiger partial charge in [-0.25, -0.2) is 0 Å². The number of nitrogens with zero attached hydrogens (tertiary/aromatic N) is 2. The molecule has 0 aliphatic carbocycles. The van der Waals surface area contributed by atoms with E-state index < -0.39 is 6.61 Å². The summed E-state index contributed by atoms with van der Waals surface area (Å²) in [5.41, 5.74) is 0.774. The average Bonchev–Trinajstić information content (AvgIpc) is 2.95. The summed E-state index contributed by atoms with van der Waals surface area (Å²) in [4.78, 5) is 4.40. The summed E-state index contributed by atoms with van der Waals surface area (Å²) in [7, 11) is 0. The van der Waals surface area contributed by atoms with Gasteiger partial charge in [0, 0.05) is 12.0 Å². The van der Waals surface area contributed by atoms with Crippen LogP contribution in [0.25, 0.3) is 0 Å². The lowest BCUT2D eigenvalue weighted by atomic mass is 9.96. The monoisotopic (exact) mass is 325 g/mol. The summed E-state index contributed by atoms with van der Waals surface area (Å²) in [6, 6.07) is 6.37. The van der Waals surface area contributed by atoms with Gasteiger partial charge in [0.05, 0.1) is 6.04 Å². The molecular weight excluding hydrogens is 304 g/mol. The molecule has 0 fully saturated rings. The van der Waals surface area contributed by atoms with Crippen LogP contribution < -0.4 is 10.1 Å². The largest absolute Gasteiger partial charge is 0.435 e. The Morgan fingerprint density at radius 2 is 1.87 bits per heavy atom. The molecule has 7 heteroatoms. The Kier molecular flexibility index (Phi) is 5.30. The zero-order chi connectivity index (χ0) is 17.0. The number of benzene rings is 1. The van der Waals surface area contributed by atoms with Crippen LogP contribution in [0.4, 0.5) is 8.78 Å². The highest BCUT2D eigenvalue weighted by atomic mass is 19.3. The number of nitrogens with one attached hydrogen (secondary N) is 1. The van der Waals surface area contributed by atoms with Crippen molar-refractivity contribution in [2.45, 2.75) is 52.3 Å². The van der Waals surface area contributed by atoms with E-state index in [1.165, 1.54) is 12.1 Å². The fraction of sp³-hybridized carbons (Fsp3) is 0.500. The number of hydrogen-bond donors (Lipinski definition) is 1. The summed E-state index contributed by atoms with van der Waals surface area (Å²) < 4.78 is 33.8. The minimum Gasteiger partial charge on any atom is -0.435 e. The van der Waals surface area contributed by atoms with E-state index in [0.29, 0.717) is 18.3 Å². The van der Waals surface area contributed by atoms with Gasteiger partial charge in [0.2, 0.25) is 5.89 Å². The van der Waals surface area contributed by atoms with Crippen LogP contribution in [0.5, 0.6) is 5.75 Å².